The summed E-state index contributed by atoms with van der Waals surface area (Å²) in [6.07, 6.45) is 8.58. The summed E-state index contributed by atoms with van der Waals surface area (Å²) in [7, 11) is 1.87. The van der Waals surface area contributed by atoms with Crippen molar-refractivity contribution in [2.45, 2.75) is 19.3 Å². The van der Waals surface area contributed by atoms with E-state index in [4.69, 9.17) is 4.74 Å². The van der Waals surface area contributed by atoms with E-state index in [1.807, 2.05) is 13.2 Å². The highest BCUT2D eigenvalue weighted by atomic mass is 32.1. The van der Waals surface area contributed by atoms with Crippen LogP contribution in [0.1, 0.15) is 16.9 Å². The molecule has 1 aliphatic rings. The van der Waals surface area contributed by atoms with Crippen LogP contribution < -0.4 is 4.74 Å². The summed E-state index contributed by atoms with van der Waals surface area (Å²) in [5.41, 5.74) is 1.37. The number of ether oxygens (including phenoxy) is 1. The second kappa shape index (κ2) is 4.03. The zero-order valence-electron chi connectivity index (χ0n) is 10.5. The van der Waals surface area contributed by atoms with Crippen molar-refractivity contribution >= 4 is 21.6 Å². The first-order chi connectivity index (χ1) is 9.31. The molecule has 6 heteroatoms. The molecule has 3 heterocycles. The molecule has 1 aliphatic carbocycles. The second-order valence-corrected chi connectivity index (χ2v) is 5.75. The predicted molar refractivity (Wildman–Crippen MR) is 72.7 cm³/mol. The summed E-state index contributed by atoms with van der Waals surface area (Å²) < 4.78 is 7.58. The van der Waals surface area contributed by atoms with Gasteiger partial charge in [0.05, 0.1) is 17.8 Å². The third kappa shape index (κ3) is 1.71. The Morgan fingerprint density at radius 1 is 1.32 bits per heavy atom. The molecule has 19 heavy (non-hydrogen) atoms. The molecule has 0 aliphatic heterocycles. The molecule has 96 valence electrons. The second-order valence-electron chi connectivity index (χ2n) is 4.67. The number of aryl methyl sites for hydroxylation is 3. The highest BCUT2D eigenvalue weighted by Gasteiger charge is 2.22. The van der Waals surface area contributed by atoms with Crippen LogP contribution in [0.15, 0.2) is 18.7 Å². The molecule has 0 N–H and O–H groups in total. The lowest BCUT2D eigenvalue weighted by Gasteiger charge is -2.03. The van der Waals surface area contributed by atoms with Gasteiger partial charge in [0.1, 0.15) is 11.2 Å². The molecule has 0 aromatic carbocycles. The first-order valence-corrected chi connectivity index (χ1v) is 7.04. The fraction of sp³-hybridized carbons (Fsp3) is 0.308. The Labute approximate surface area is 113 Å². The Kier molecular flexibility index (Phi) is 2.32. The number of hydrogen-bond donors (Lipinski definition) is 0. The molecule has 0 radical (unpaired) electrons. The van der Waals surface area contributed by atoms with E-state index < -0.39 is 0 Å². The number of fused-ring (bicyclic) bond motifs is 3. The largest absolute Gasteiger partial charge is 0.435 e. The lowest BCUT2D eigenvalue weighted by molar-refractivity contribution is 0.467. The number of thiophene rings is 1. The quantitative estimate of drug-likeness (QED) is 0.719. The van der Waals surface area contributed by atoms with Gasteiger partial charge in [0.2, 0.25) is 5.88 Å². The Bertz CT molecular complexity index is 761. The molecule has 0 amide bonds. The highest BCUT2D eigenvalue weighted by Crippen LogP contribution is 2.40. The van der Waals surface area contributed by atoms with Crippen LogP contribution in [0.25, 0.3) is 10.2 Å². The van der Waals surface area contributed by atoms with Gasteiger partial charge in [-0.25, -0.2) is 9.97 Å². The van der Waals surface area contributed by atoms with Gasteiger partial charge in [0.25, 0.3) is 0 Å². The maximum atomic E-state index is 5.87. The average Bonchev–Trinajstić information content (AvgIpc) is 3.05. The van der Waals surface area contributed by atoms with E-state index in [0.29, 0.717) is 11.6 Å². The lowest BCUT2D eigenvalue weighted by Crippen LogP contribution is -1.90. The van der Waals surface area contributed by atoms with Gasteiger partial charge in [0.15, 0.2) is 5.75 Å². The van der Waals surface area contributed by atoms with Gasteiger partial charge in [-0.3, -0.25) is 4.68 Å². The SMILES string of the molecule is Cn1cc(Oc2ncnc3sc4c(c23)CCC4)cn1. The van der Waals surface area contributed by atoms with Crippen LogP contribution in [0.4, 0.5) is 0 Å². The summed E-state index contributed by atoms with van der Waals surface area (Å²) in [5.74, 6) is 1.36. The van der Waals surface area contributed by atoms with Gasteiger partial charge in [-0.05, 0) is 24.8 Å². The maximum Gasteiger partial charge on any atom is 0.231 e. The van der Waals surface area contributed by atoms with Crippen molar-refractivity contribution < 1.29 is 4.74 Å². The number of nitrogens with zero attached hydrogens (tertiary/aromatic N) is 4. The Balaban J connectivity index is 1.85. The number of aromatic nitrogens is 4. The van der Waals surface area contributed by atoms with Gasteiger partial charge >= 0.3 is 0 Å². The zero-order valence-corrected chi connectivity index (χ0v) is 11.3. The minimum atomic E-state index is 0.650. The third-order valence-electron chi connectivity index (χ3n) is 3.36. The minimum absolute atomic E-state index is 0.650. The molecule has 0 atom stereocenters. The zero-order chi connectivity index (χ0) is 12.8. The van der Waals surface area contributed by atoms with Gasteiger partial charge in [-0.1, -0.05) is 0 Å². The highest BCUT2D eigenvalue weighted by molar-refractivity contribution is 7.18. The van der Waals surface area contributed by atoms with Crippen LogP contribution in [0.5, 0.6) is 11.6 Å². The van der Waals surface area contributed by atoms with Crippen LogP contribution in [-0.4, -0.2) is 19.7 Å². The summed E-state index contributed by atoms with van der Waals surface area (Å²) in [4.78, 5) is 11.1. The van der Waals surface area contributed by atoms with E-state index in [1.54, 1.807) is 28.5 Å². The summed E-state index contributed by atoms with van der Waals surface area (Å²) >= 11 is 1.76. The monoisotopic (exact) mass is 272 g/mol. The van der Waals surface area contributed by atoms with Gasteiger partial charge < -0.3 is 4.74 Å². The van der Waals surface area contributed by atoms with Crippen LogP contribution >= 0.6 is 11.3 Å². The molecule has 0 bridgehead atoms. The molecule has 3 aromatic heterocycles. The molecule has 0 fully saturated rings. The van der Waals surface area contributed by atoms with Crippen LogP contribution in [0, 0.1) is 0 Å². The first kappa shape index (κ1) is 10.9. The maximum absolute atomic E-state index is 5.87. The van der Waals surface area contributed by atoms with Gasteiger partial charge in [-0.15, -0.1) is 11.3 Å². The van der Waals surface area contributed by atoms with Crippen molar-refractivity contribution in [2.75, 3.05) is 0 Å². The van der Waals surface area contributed by atoms with Crippen LogP contribution in [0.3, 0.4) is 0 Å². The predicted octanol–water partition coefficient (Wildman–Crippen LogP) is 2.71. The van der Waals surface area contributed by atoms with Crippen molar-refractivity contribution in [3.8, 4) is 11.6 Å². The van der Waals surface area contributed by atoms with E-state index in [1.165, 1.54) is 16.9 Å². The molecule has 4 rings (SSSR count). The van der Waals surface area contributed by atoms with Crippen molar-refractivity contribution in [3.05, 3.63) is 29.2 Å². The topological polar surface area (TPSA) is 52.8 Å². The smallest absolute Gasteiger partial charge is 0.231 e. The Morgan fingerprint density at radius 3 is 3.11 bits per heavy atom. The molecular formula is C13H12N4OS. The lowest BCUT2D eigenvalue weighted by atomic mass is 10.2. The van der Waals surface area contributed by atoms with E-state index in [0.717, 1.165) is 23.1 Å². The van der Waals surface area contributed by atoms with Gasteiger partial charge in [0, 0.05) is 11.9 Å². The van der Waals surface area contributed by atoms with Gasteiger partial charge in [-0.2, -0.15) is 5.10 Å². The molecular weight excluding hydrogens is 260 g/mol. The van der Waals surface area contributed by atoms with E-state index >= 15 is 0 Å². The summed E-state index contributed by atoms with van der Waals surface area (Å²) in [6, 6.07) is 0. The van der Waals surface area contributed by atoms with E-state index in [-0.39, 0.29) is 0 Å². The van der Waals surface area contributed by atoms with Crippen molar-refractivity contribution in [1.82, 2.24) is 19.7 Å². The Morgan fingerprint density at radius 2 is 2.26 bits per heavy atom. The standard InChI is InChI=1S/C13H12N4OS/c1-17-6-8(5-16-17)18-12-11-9-3-2-4-10(9)19-13(11)15-7-14-12/h5-7H,2-4H2,1H3. The van der Waals surface area contributed by atoms with Crippen molar-refractivity contribution in [1.29, 1.82) is 0 Å². The third-order valence-corrected chi connectivity index (χ3v) is 4.56. The molecule has 0 saturated heterocycles. The number of hydrogen-bond acceptors (Lipinski definition) is 5. The fourth-order valence-corrected chi connectivity index (χ4v) is 3.76. The molecule has 3 aromatic rings. The van der Waals surface area contributed by atoms with Crippen LogP contribution in [0.2, 0.25) is 0 Å². The van der Waals surface area contributed by atoms with E-state index in [9.17, 15) is 0 Å². The number of rotatable bonds is 2. The summed E-state index contributed by atoms with van der Waals surface area (Å²) in [6.45, 7) is 0. The normalized spacial score (nSPS) is 13.9. The Hall–Kier alpha value is -1.95. The van der Waals surface area contributed by atoms with Crippen molar-refractivity contribution in [3.63, 3.8) is 0 Å². The molecule has 0 unspecified atom stereocenters. The minimum Gasteiger partial charge on any atom is -0.435 e. The average molecular weight is 272 g/mol. The first-order valence-electron chi connectivity index (χ1n) is 6.23. The molecule has 0 saturated carbocycles. The summed E-state index contributed by atoms with van der Waals surface area (Å²) in [5, 5.41) is 5.19. The molecule has 5 nitrogen and oxygen atoms in total. The van der Waals surface area contributed by atoms with Crippen molar-refractivity contribution in [2.24, 2.45) is 7.05 Å². The molecule has 0 spiro atoms. The fourth-order valence-electron chi connectivity index (χ4n) is 2.54. The van der Waals surface area contributed by atoms with Crippen LogP contribution in [-0.2, 0) is 19.9 Å². The van der Waals surface area contributed by atoms with E-state index in [2.05, 4.69) is 15.1 Å².